The van der Waals surface area contributed by atoms with Crippen molar-refractivity contribution in [3.8, 4) is 0 Å². The van der Waals surface area contributed by atoms with Crippen molar-refractivity contribution < 1.29 is 0 Å². The van der Waals surface area contributed by atoms with Crippen LogP contribution < -0.4 is 0 Å². The van der Waals surface area contributed by atoms with Crippen LogP contribution in [-0.2, 0) is 0 Å². The maximum atomic E-state index is 5.52. The van der Waals surface area contributed by atoms with Crippen molar-refractivity contribution in [2.45, 2.75) is 12.8 Å². The molecule has 0 heterocycles. The van der Waals surface area contributed by atoms with Crippen LogP contribution in [-0.4, -0.2) is 12.1 Å². The van der Waals surface area contributed by atoms with Gasteiger partial charge in [-0.3, -0.25) is 4.99 Å². The third-order valence-electron chi connectivity index (χ3n) is 1.46. The Kier molecular flexibility index (Phi) is 4.47. The number of rotatable bonds is 4. The van der Waals surface area contributed by atoms with Crippen LogP contribution >= 0.6 is 11.6 Å². The van der Waals surface area contributed by atoms with Crippen molar-refractivity contribution >= 4 is 23.5 Å². The SMILES string of the molecule is ClCCCC=Nc1ccccc1. The highest BCUT2D eigenvalue weighted by molar-refractivity contribution is 6.17. The van der Waals surface area contributed by atoms with Gasteiger partial charge in [-0.15, -0.1) is 11.6 Å². The molecule has 0 aliphatic heterocycles. The second-order valence-electron chi connectivity index (χ2n) is 2.48. The molecule has 12 heavy (non-hydrogen) atoms. The number of unbranched alkanes of at least 4 members (excludes halogenated alkanes) is 1. The molecule has 0 aromatic heterocycles. The second kappa shape index (κ2) is 5.78. The molecule has 0 saturated heterocycles. The summed E-state index contributed by atoms with van der Waals surface area (Å²) in [5, 5.41) is 0. The number of nitrogens with zero attached hydrogens (tertiary/aromatic N) is 1. The lowest BCUT2D eigenvalue weighted by Gasteiger charge is -1.90. The molecule has 0 aliphatic rings. The summed E-state index contributed by atoms with van der Waals surface area (Å²) in [6.45, 7) is 0. The van der Waals surface area contributed by atoms with Crippen LogP contribution in [0.15, 0.2) is 35.3 Å². The van der Waals surface area contributed by atoms with Crippen LogP contribution in [0.25, 0.3) is 0 Å². The van der Waals surface area contributed by atoms with E-state index in [1.165, 1.54) is 0 Å². The van der Waals surface area contributed by atoms with E-state index in [2.05, 4.69) is 4.99 Å². The van der Waals surface area contributed by atoms with Crippen LogP contribution in [0.2, 0.25) is 0 Å². The molecule has 64 valence electrons. The van der Waals surface area contributed by atoms with Crippen molar-refractivity contribution in [2.75, 3.05) is 5.88 Å². The summed E-state index contributed by atoms with van der Waals surface area (Å²) < 4.78 is 0. The standard InChI is InChI=1S/C10H12ClN/c11-8-4-5-9-12-10-6-2-1-3-7-10/h1-3,6-7,9H,4-5,8H2. The molecule has 0 unspecified atom stereocenters. The minimum atomic E-state index is 0.709. The summed E-state index contributed by atoms with van der Waals surface area (Å²) in [6, 6.07) is 9.91. The van der Waals surface area contributed by atoms with Crippen molar-refractivity contribution in [2.24, 2.45) is 4.99 Å². The number of alkyl halides is 1. The Hall–Kier alpha value is -0.820. The van der Waals surface area contributed by atoms with E-state index >= 15 is 0 Å². The molecule has 0 spiro atoms. The zero-order valence-electron chi connectivity index (χ0n) is 6.91. The Morgan fingerprint density at radius 1 is 1.25 bits per heavy atom. The lowest BCUT2D eigenvalue weighted by Crippen LogP contribution is -1.76. The highest BCUT2D eigenvalue weighted by Crippen LogP contribution is 2.08. The van der Waals surface area contributed by atoms with Crippen LogP contribution in [0, 0.1) is 0 Å². The zero-order chi connectivity index (χ0) is 8.65. The molecule has 1 aromatic carbocycles. The highest BCUT2D eigenvalue weighted by atomic mass is 35.5. The molecule has 1 aromatic rings. The number of hydrogen-bond donors (Lipinski definition) is 0. The maximum Gasteiger partial charge on any atom is 0.0625 e. The normalized spacial score (nSPS) is 10.8. The van der Waals surface area contributed by atoms with Gasteiger partial charge in [-0.1, -0.05) is 18.2 Å². The van der Waals surface area contributed by atoms with Gasteiger partial charge in [0.05, 0.1) is 5.69 Å². The van der Waals surface area contributed by atoms with Gasteiger partial charge >= 0.3 is 0 Å². The van der Waals surface area contributed by atoms with Gasteiger partial charge in [0.15, 0.2) is 0 Å². The zero-order valence-corrected chi connectivity index (χ0v) is 7.67. The predicted octanol–water partition coefficient (Wildman–Crippen LogP) is 3.41. The third kappa shape index (κ3) is 3.54. The molecule has 1 rings (SSSR count). The molecule has 0 amide bonds. The second-order valence-corrected chi connectivity index (χ2v) is 2.86. The summed E-state index contributed by atoms with van der Waals surface area (Å²) in [5.41, 5.74) is 1.01. The van der Waals surface area contributed by atoms with Gasteiger partial charge in [0.25, 0.3) is 0 Å². The monoisotopic (exact) mass is 181 g/mol. The fourth-order valence-electron chi connectivity index (χ4n) is 0.852. The van der Waals surface area contributed by atoms with Crippen LogP contribution in [0.1, 0.15) is 12.8 Å². The molecule has 0 atom stereocenters. The van der Waals surface area contributed by atoms with Crippen LogP contribution in [0.4, 0.5) is 5.69 Å². The molecule has 0 N–H and O–H groups in total. The summed E-state index contributed by atoms with van der Waals surface area (Å²) in [6.07, 6.45) is 3.87. The Labute approximate surface area is 78.1 Å². The van der Waals surface area contributed by atoms with E-state index in [1.54, 1.807) is 0 Å². The van der Waals surface area contributed by atoms with E-state index in [9.17, 15) is 0 Å². The quantitative estimate of drug-likeness (QED) is 0.384. The molecular formula is C10H12ClN. The van der Waals surface area contributed by atoms with Crippen LogP contribution in [0.3, 0.4) is 0 Å². The first kappa shape index (κ1) is 9.27. The van der Waals surface area contributed by atoms with Crippen molar-refractivity contribution in [1.82, 2.24) is 0 Å². The van der Waals surface area contributed by atoms with E-state index in [4.69, 9.17) is 11.6 Å². The molecule has 2 heteroatoms. The summed E-state index contributed by atoms with van der Waals surface area (Å²) >= 11 is 5.52. The summed E-state index contributed by atoms with van der Waals surface area (Å²) in [5.74, 6) is 0.709. The first-order chi connectivity index (χ1) is 5.93. The van der Waals surface area contributed by atoms with E-state index < -0.39 is 0 Å². The van der Waals surface area contributed by atoms with Gasteiger partial charge in [0, 0.05) is 12.1 Å². The molecule has 0 aliphatic carbocycles. The number of benzene rings is 1. The smallest absolute Gasteiger partial charge is 0.0625 e. The average molecular weight is 182 g/mol. The summed E-state index contributed by atoms with van der Waals surface area (Å²) in [7, 11) is 0. The van der Waals surface area contributed by atoms with Crippen LogP contribution in [0.5, 0.6) is 0 Å². The number of halogens is 1. The van der Waals surface area contributed by atoms with Gasteiger partial charge in [-0.05, 0) is 25.0 Å². The molecule has 0 fully saturated rings. The van der Waals surface area contributed by atoms with E-state index in [0.717, 1.165) is 18.5 Å². The number of hydrogen-bond acceptors (Lipinski definition) is 1. The first-order valence-corrected chi connectivity index (χ1v) is 4.60. The largest absolute Gasteiger partial charge is 0.261 e. The maximum absolute atomic E-state index is 5.52. The van der Waals surface area contributed by atoms with E-state index in [0.29, 0.717) is 5.88 Å². The minimum Gasteiger partial charge on any atom is -0.261 e. The first-order valence-electron chi connectivity index (χ1n) is 4.07. The van der Waals surface area contributed by atoms with Crippen molar-refractivity contribution in [3.63, 3.8) is 0 Å². The minimum absolute atomic E-state index is 0.709. The van der Waals surface area contributed by atoms with Gasteiger partial charge in [-0.2, -0.15) is 0 Å². The van der Waals surface area contributed by atoms with Gasteiger partial charge in [-0.25, -0.2) is 0 Å². The Bertz CT molecular complexity index is 231. The highest BCUT2D eigenvalue weighted by Gasteiger charge is 1.83. The molecule has 0 saturated carbocycles. The average Bonchev–Trinajstić information content (AvgIpc) is 2.14. The summed E-state index contributed by atoms with van der Waals surface area (Å²) in [4.78, 5) is 4.26. The lowest BCUT2D eigenvalue weighted by atomic mass is 10.3. The van der Waals surface area contributed by atoms with E-state index in [1.807, 2.05) is 36.5 Å². The number of para-hydroxylation sites is 1. The predicted molar refractivity (Wildman–Crippen MR) is 54.5 cm³/mol. The number of aliphatic imine (C=N–C) groups is 1. The Morgan fingerprint density at radius 2 is 2.00 bits per heavy atom. The van der Waals surface area contributed by atoms with Gasteiger partial charge in [0.1, 0.15) is 0 Å². The fourth-order valence-corrected chi connectivity index (χ4v) is 1.01. The van der Waals surface area contributed by atoms with Crippen molar-refractivity contribution in [1.29, 1.82) is 0 Å². The Balaban J connectivity index is 2.36. The van der Waals surface area contributed by atoms with Gasteiger partial charge < -0.3 is 0 Å². The molecular weight excluding hydrogens is 170 g/mol. The van der Waals surface area contributed by atoms with Gasteiger partial charge in [0.2, 0.25) is 0 Å². The topological polar surface area (TPSA) is 12.4 Å². The van der Waals surface area contributed by atoms with E-state index in [-0.39, 0.29) is 0 Å². The van der Waals surface area contributed by atoms with Crippen molar-refractivity contribution in [3.05, 3.63) is 30.3 Å². The molecule has 0 bridgehead atoms. The lowest BCUT2D eigenvalue weighted by molar-refractivity contribution is 1.02. The Morgan fingerprint density at radius 3 is 2.67 bits per heavy atom. The fraction of sp³-hybridized carbons (Fsp3) is 0.300. The molecule has 1 nitrogen and oxygen atoms in total. The molecule has 0 radical (unpaired) electrons. The third-order valence-corrected chi connectivity index (χ3v) is 1.73.